The van der Waals surface area contributed by atoms with Gasteiger partial charge in [0, 0.05) is 45.2 Å². The molecule has 2 aromatic carbocycles. The zero-order valence-electron chi connectivity index (χ0n) is 17.0. The van der Waals surface area contributed by atoms with Gasteiger partial charge in [0.2, 0.25) is 5.95 Å². The summed E-state index contributed by atoms with van der Waals surface area (Å²) in [6.45, 7) is 0.468. The summed E-state index contributed by atoms with van der Waals surface area (Å²) < 4.78 is 5.96. The minimum absolute atomic E-state index is 0.291. The molecule has 166 valence electrons. The Bertz CT molecular complexity index is 1300. The molecule has 2 aromatic heterocycles. The lowest BCUT2D eigenvalue weighted by atomic mass is 10.1. The van der Waals surface area contributed by atoms with Gasteiger partial charge in [0.15, 0.2) is 10.9 Å². The Morgan fingerprint density at radius 1 is 1.12 bits per heavy atom. The molecule has 0 fully saturated rings. The predicted octanol–water partition coefficient (Wildman–Crippen LogP) is 5.81. The maximum Gasteiger partial charge on any atom is 0.257 e. The highest BCUT2D eigenvalue weighted by Crippen LogP contribution is 2.30. The molecule has 0 radical (unpaired) electrons. The summed E-state index contributed by atoms with van der Waals surface area (Å²) in [5.41, 5.74) is 1.89. The van der Waals surface area contributed by atoms with E-state index in [1.54, 1.807) is 41.5 Å². The first kappa shape index (κ1) is 21.5. The van der Waals surface area contributed by atoms with Crippen molar-refractivity contribution in [3.05, 3.63) is 70.8 Å². The molecule has 0 saturated heterocycles. The first-order valence-corrected chi connectivity index (χ1v) is 12.1. The average Bonchev–Trinajstić information content (AvgIpc) is 3.32. The first-order chi connectivity index (χ1) is 16.1. The number of carbonyl (C=O) groups excluding carboxylic acids is 1. The standard InChI is InChI=1S/C22H17ClN6O2S2/c23-18-12-25-21-27-15-8-13(20(30)29-22-24-4-6-33-22)9-16(10-15)31-5-7-32-17-3-1-2-14(11-17)26-19(18)28-21/h1-4,6,8-12H,5,7H2,(H,24,29,30)(H2,25,26,27,28). The van der Waals surface area contributed by atoms with Gasteiger partial charge in [-0.2, -0.15) is 4.98 Å². The van der Waals surface area contributed by atoms with Gasteiger partial charge in [-0.3, -0.25) is 10.1 Å². The van der Waals surface area contributed by atoms with Crippen LogP contribution in [0.15, 0.2) is 65.1 Å². The fraction of sp³-hybridized carbons (Fsp3) is 0.0909. The van der Waals surface area contributed by atoms with Gasteiger partial charge < -0.3 is 15.4 Å². The van der Waals surface area contributed by atoms with Crippen LogP contribution in [0.5, 0.6) is 5.75 Å². The van der Waals surface area contributed by atoms with Crippen LogP contribution in [0, 0.1) is 0 Å². The van der Waals surface area contributed by atoms with Gasteiger partial charge in [0.25, 0.3) is 5.91 Å². The predicted molar refractivity (Wildman–Crippen MR) is 133 cm³/mol. The summed E-state index contributed by atoms with van der Waals surface area (Å²) in [5, 5.41) is 11.9. The van der Waals surface area contributed by atoms with Crippen LogP contribution in [-0.2, 0) is 0 Å². The molecule has 0 saturated carbocycles. The number of fused-ring (bicyclic) bond motifs is 6. The minimum Gasteiger partial charge on any atom is -0.493 e. The van der Waals surface area contributed by atoms with Crippen molar-refractivity contribution in [2.45, 2.75) is 4.90 Å². The third kappa shape index (κ3) is 5.36. The number of halogens is 1. The minimum atomic E-state index is -0.291. The first-order valence-electron chi connectivity index (χ1n) is 9.90. The Hall–Kier alpha value is -3.34. The number of hydrogen-bond acceptors (Lipinski definition) is 9. The van der Waals surface area contributed by atoms with Gasteiger partial charge in [-0.1, -0.05) is 17.7 Å². The second kappa shape index (κ2) is 9.65. The highest BCUT2D eigenvalue weighted by atomic mass is 35.5. The van der Waals surface area contributed by atoms with E-state index in [0.29, 0.717) is 45.5 Å². The zero-order chi connectivity index (χ0) is 22.6. The summed E-state index contributed by atoms with van der Waals surface area (Å²) >= 11 is 9.34. The van der Waals surface area contributed by atoms with Crippen LogP contribution < -0.4 is 20.7 Å². The number of hydrogen-bond donors (Lipinski definition) is 3. The third-order valence-electron chi connectivity index (χ3n) is 4.54. The monoisotopic (exact) mass is 496 g/mol. The smallest absolute Gasteiger partial charge is 0.257 e. The van der Waals surface area contributed by atoms with Crippen LogP contribution in [0.2, 0.25) is 5.02 Å². The van der Waals surface area contributed by atoms with Crippen molar-refractivity contribution in [2.24, 2.45) is 0 Å². The number of thiazole rings is 1. The van der Waals surface area contributed by atoms with Gasteiger partial charge in [0.05, 0.1) is 12.8 Å². The molecule has 0 spiro atoms. The van der Waals surface area contributed by atoms with E-state index in [4.69, 9.17) is 16.3 Å². The van der Waals surface area contributed by atoms with E-state index < -0.39 is 0 Å². The lowest BCUT2D eigenvalue weighted by Gasteiger charge is -2.13. The maximum atomic E-state index is 12.8. The second-order valence-corrected chi connectivity index (χ2v) is 9.37. The molecule has 1 aliphatic rings. The number of amides is 1. The Labute approximate surface area is 202 Å². The van der Waals surface area contributed by atoms with Crippen LogP contribution in [0.1, 0.15) is 10.4 Å². The topological polar surface area (TPSA) is 101 Å². The number of rotatable bonds is 2. The molecule has 5 rings (SSSR count). The number of aromatic nitrogens is 3. The fourth-order valence-corrected chi connectivity index (χ4v) is 4.55. The average molecular weight is 497 g/mol. The summed E-state index contributed by atoms with van der Waals surface area (Å²) in [7, 11) is 0. The zero-order valence-corrected chi connectivity index (χ0v) is 19.4. The van der Waals surface area contributed by atoms with E-state index in [1.165, 1.54) is 17.5 Å². The normalized spacial score (nSPS) is 12.9. The molecular formula is C22H17ClN6O2S2. The van der Waals surface area contributed by atoms with E-state index in [-0.39, 0.29) is 5.91 Å². The lowest BCUT2D eigenvalue weighted by molar-refractivity contribution is 0.102. The number of anilines is 5. The Balaban J connectivity index is 1.50. The number of carbonyl (C=O) groups is 1. The molecule has 0 atom stereocenters. The molecule has 8 nitrogen and oxygen atoms in total. The fourth-order valence-electron chi connectivity index (χ4n) is 3.10. The van der Waals surface area contributed by atoms with Crippen molar-refractivity contribution >= 4 is 68.9 Å². The molecule has 33 heavy (non-hydrogen) atoms. The summed E-state index contributed by atoms with van der Waals surface area (Å²) in [6, 6.07) is 13.2. The van der Waals surface area contributed by atoms with Crippen LogP contribution in [0.4, 0.5) is 28.3 Å². The highest BCUT2D eigenvalue weighted by molar-refractivity contribution is 7.99. The SMILES string of the molecule is O=C(Nc1nccs1)c1cc2cc(c1)OCCSc1cccc(c1)Nc1nc(ncc1Cl)N2. The Kier molecular flexibility index (Phi) is 6.29. The van der Waals surface area contributed by atoms with Crippen LogP contribution in [-0.4, -0.2) is 33.2 Å². The molecule has 0 aliphatic carbocycles. The van der Waals surface area contributed by atoms with Crippen molar-refractivity contribution in [3.63, 3.8) is 0 Å². The molecule has 3 N–H and O–H groups in total. The van der Waals surface area contributed by atoms with Crippen LogP contribution in [0.3, 0.4) is 0 Å². The molecule has 3 heterocycles. The van der Waals surface area contributed by atoms with E-state index in [0.717, 1.165) is 16.3 Å². The Morgan fingerprint density at radius 2 is 2.06 bits per heavy atom. The lowest BCUT2D eigenvalue weighted by Crippen LogP contribution is -2.13. The number of nitrogens with one attached hydrogen (secondary N) is 3. The highest BCUT2D eigenvalue weighted by Gasteiger charge is 2.14. The molecular weight excluding hydrogens is 480 g/mol. The van der Waals surface area contributed by atoms with Gasteiger partial charge in [-0.05, 0) is 30.3 Å². The van der Waals surface area contributed by atoms with Crippen molar-refractivity contribution in [1.82, 2.24) is 15.0 Å². The largest absolute Gasteiger partial charge is 0.493 e. The Morgan fingerprint density at radius 3 is 2.94 bits per heavy atom. The summed E-state index contributed by atoms with van der Waals surface area (Å²) in [5.74, 6) is 1.80. The van der Waals surface area contributed by atoms with Crippen molar-refractivity contribution in [2.75, 3.05) is 28.3 Å². The van der Waals surface area contributed by atoms with Crippen molar-refractivity contribution in [3.8, 4) is 5.75 Å². The van der Waals surface area contributed by atoms with Crippen molar-refractivity contribution in [1.29, 1.82) is 0 Å². The third-order valence-corrected chi connectivity index (χ3v) is 6.46. The summed E-state index contributed by atoms with van der Waals surface area (Å²) in [6.07, 6.45) is 3.16. The molecule has 4 aromatic rings. The van der Waals surface area contributed by atoms with Gasteiger partial charge >= 0.3 is 0 Å². The van der Waals surface area contributed by atoms with Gasteiger partial charge in [0.1, 0.15) is 10.8 Å². The molecule has 6 bridgehead atoms. The molecule has 0 unspecified atom stereocenters. The molecule has 11 heteroatoms. The van der Waals surface area contributed by atoms with Crippen molar-refractivity contribution < 1.29 is 9.53 Å². The number of benzene rings is 2. The second-order valence-electron chi connectivity index (χ2n) is 6.90. The maximum absolute atomic E-state index is 12.8. The number of ether oxygens (including phenoxy) is 1. The van der Waals surface area contributed by atoms with E-state index >= 15 is 0 Å². The van der Waals surface area contributed by atoms with Crippen LogP contribution >= 0.6 is 34.7 Å². The quantitative estimate of drug-likeness (QED) is 0.319. The van der Waals surface area contributed by atoms with E-state index in [2.05, 4.69) is 30.9 Å². The van der Waals surface area contributed by atoms with E-state index in [9.17, 15) is 4.79 Å². The molecule has 1 amide bonds. The van der Waals surface area contributed by atoms with Gasteiger partial charge in [-0.25, -0.2) is 9.97 Å². The van der Waals surface area contributed by atoms with Crippen LogP contribution in [0.25, 0.3) is 0 Å². The van der Waals surface area contributed by atoms with Gasteiger partial charge in [-0.15, -0.1) is 23.1 Å². The molecule has 1 aliphatic heterocycles. The number of nitrogens with zero attached hydrogens (tertiary/aromatic N) is 3. The summed E-state index contributed by atoms with van der Waals surface area (Å²) in [4.78, 5) is 26.8. The van der Waals surface area contributed by atoms with E-state index in [1.807, 2.05) is 24.3 Å². The number of thioether (sulfide) groups is 1.